The van der Waals surface area contributed by atoms with Crippen molar-refractivity contribution in [2.24, 2.45) is 5.92 Å². The van der Waals surface area contributed by atoms with E-state index in [9.17, 15) is 14.6 Å². The molecule has 2 aliphatic rings. The zero-order valence-electron chi connectivity index (χ0n) is 21.2. The van der Waals surface area contributed by atoms with Crippen molar-refractivity contribution < 1.29 is 19.3 Å². The van der Waals surface area contributed by atoms with Crippen LogP contribution in [0.5, 0.6) is 5.75 Å². The fraction of sp³-hybridized carbons (Fsp3) is 0.586. The Labute approximate surface area is 209 Å². The van der Waals surface area contributed by atoms with Gasteiger partial charge in [-0.3, -0.25) is 4.90 Å². The summed E-state index contributed by atoms with van der Waals surface area (Å²) in [5, 5.41) is 20.3. The van der Waals surface area contributed by atoms with Crippen molar-refractivity contribution in [1.29, 1.82) is 0 Å². The van der Waals surface area contributed by atoms with Crippen LogP contribution in [-0.4, -0.2) is 71.1 Å². The molecule has 6 heteroatoms. The van der Waals surface area contributed by atoms with Crippen LogP contribution < -0.4 is 4.74 Å². The summed E-state index contributed by atoms with van der Waals surface area (Å²) in [7, 11) is 0. The molecule has 2 N–H and O–H groups in total. The number of halogens is 1. The van der Waals surface area contributed by atoms with Gasteiger partial charge in [-0.2, -0.15) is 0 Å². The van der Waals surface area contributed by atoms with Crippen LogP contribution in [0, 0.1) is 5.92 Å². The van der Waals surface area contributed by atoms with Crippen LogP contribution >= 0.6 is 0 Å². The molecule has 192 valence electrons. The number of aliphatic hydroxyl groups is 2. The van der Waals surface area contributed by atoms with E-state index in [1.165, 1.54) is 0 Å². The fourth-order valence-electron chi connectivity index (χ4n) is 5.19. The number of hydrogen-bond acceptors (Lipinski definition) is 5. The molecule has 1 unspecified atom stereocenters. The first-order chi connectivity index (χ1) is 16.9. The van der Waals surface area contributed by atoms with Gasteiger partial charge >= 0.3 is 0 Å². The highest BCUT2D eigenvalue weighted by atomic mass is 19.1. The number of benzene rings is 2. The van der Waals surface area contributed by atoms with E-state index in [0.29, 0.717) is 51.4 Å². The average molecular weight is 485 g/mol. The summed E-state index contributed by atoms with van der Waals surface area (Å²) in [4.78, 5) is 4.18. The van der Waals surface area contributed by atoms with E-state index in [1.807, 2.05) is 55.1 Å². The van der Waals surface area contributed by atoms with Crippen LogP contribution in [-0.2, 0) is 0 Å². The van der Waals surface area contributed by atoms with Gasteiger partial charge in [0, 0.05) is 19.6 Å². The smallest absolute Gasteiger partial charge is 0.133 e. The molecule has 2 heterocycles. The van der Waals surface area contributed by atoms with Gasteiger partial charge in [-0.25, -0.2) is 4.39 Å². The molecular formula is C29H41FN2O3. The molecule has 0 aliphatic carbocycles. The second-order valence-electron chi connectivity index (χ2n) is 10.3. The Morgan fingerprint density at radius 3 is 2.09 bits per heavy atom. The van der Waals surface area contributed by atoms with E-state index in [1.54, 1.807) is 0 Å². The highest BCUT2D eigenvalue weighted by Crippen LogP contribution is 2.29. The summed E-state index contributed by atoms with van der Waals surface area (Å²) in [5.74, 6) is 1.38. The van der Waals surface area contributed by atoms with Gasteiger partial charge in [0.2, 0.25) is 0 Å². The number of ether oxygens (including phenoxy) is 1. The van der Waals surface area contributed by atoms with E-state index >= 15 is 0 Å². The number of alkyl halides is 1. The number of likely N-dealkylation sites (tertiary alicyclic amines) is 2. The number of aliphatic hydroxyl groups excluding tert-OH is 2. The minimum Gasteiger partial charge on any atom is -0.493 e. The molecule has 0 bridgehead atoms. The molecule has 2 aromatic carbocycles. The van der Waals surface area contributed by atoms with E-state index in [4.69, 9.17) is 4.74 Å². The molecule has 5 nitrogen and oxygen atoms in total. The van der Waals surface area contributed by atoms with Crippen LogP contribution in [0.25, 0.3) is 11.1 Å². The summed E-state index contributed by atoms with van der Waals surface area (Å²) in [6.45, 7) is 8.25. The van der Waals surface area contributed by atoms with Crippen molar-refractivity contribution in [3.8, 4) is 16.9 Å². The van der Waals surface area contributed by atoms with Gasteiger partial charge in [0.25, 0.3) is 0 Å². The van der Waals surface area contributed by atoms with E-state index < -0.39 is 11.9 Å². The van der Waals surface area contributed by atoms with Crippen molar-refractivity contribution in [2.45, 2.75) is 64.0 Å². The van der Waals surface area contributed by atoms with E-state index in [0.717, 1.165) is 48.4 Å². The molecule has 2 aliphatic heterocycles. The minimum atomic E-state index is -1.05. The normalized spacial score (nSPS) is 21.3. The lowest BCUT2D eigenvalue weighted by molar-refractivity contribution is 0.0103. The topological polar surface area (TPSA) is 56.2 Å². The number of hydrogen-bond donors (Lipinski definition) is 2. The van der Waals surface area contributed by atoms with Gasteiger partial charge in [0.15, 0.2) is 0 Å². The third kappa shape index (κ3) is 6.82. The maximum atomic E-state index is 14.7. The Morgan fingerprint density at radius 1 is 0.943 bits per heavy atom. The van der Waals surface area contributed by atoms with Crippen molar-refractivity contribution in [3.05, 3.63) is 54.1 Å². The van der Waals surface area contributed by atoms with Gasteiger partial charge < -0.3 is 19.8 Å². The highest BCUT2D eigenvalue weighted by molar-refractivity contribution is 5.64. The summed E-state index contributed by atoms with van der Waals surface area (Å²) in [6, 6.07) is 16.1. The molecule has 0 aromatic heterocycles. The minimum absolute atomic E-state index is 0.347. The lowest BCUT2D eigenvalue weighted by Gasteiger charge is -2.36. The lowest BCUT2D eigenvalue weighted by Crippen LogP contribution is -2.44. The largest absolute Gasteiger partial charge is 0.493 e. The molecule has 4 rings (SSSR count). The fourth-order valence-corrected chi connectivity index (χ4v) is 5.19. The molecule has 2 aromatic rings. The molecule has 35 heavy (non-hydrogen) atoms. The molecule has 0 spiro atoms. The number of β-amino-alcohol motifs (C(OH)–C–C–N with tert-alkyl or cyclic N) is 1. The Bertz CT molecular complexity index is 909. The predicted octanol–water partition coefficient (Wildman–Crippen LogP) is 5.03. The molecule has 0 amide bonds. The van der Waals surface area contributed by atoms with Gasteiger partial charge in [0.1, 0.15) is 17.6 Å². The third-order valence-corrected chi connectivity index (χ3v) is 7.90. The van der Waals surface area contributed by atoms with Crippen molar-refractivity contribution in [1.82, 2.24) is 9.80 Å². The van der Waals surface area contributed by atoms with Crippen molar-refractivity contribution in [2.75, 3.05) is 39.3 Å². The van der Waals surface area contributed by atoms with Crippen LogP contribution in [0.4, 0.5) is 4.39 Å². The summed E-state index contributed by atoms with van der Waals surface area (Å²) < 4.78 is 20.8. The standard InChI is InChI=1S/C29H41FN2O3/c1-3-29(30,4-2)21-31-16-13-22(14-17-31)20-35-27-11-9-24(10-12-27)23-5-7-25(8-6-23)28(34)32-18-15-26(33)19-32/h5-12,22,26,28,33-34H,3-4,13-21H2,1-2H3/t26-,28?/m1/s1. The third-order valence-electron chi connectivity index (χ3n) is 7.90. The molecule has 2 saturated heterocycles. The highest BCUT2D eigenvalue weighted by Gasteiger charge is 2.30. The zero-order valence-corrected chi connectivity index (χ0v) is 21.2. The number of rotatable bonds is 10. The SMILES string of the molecule is CCC(F)(CC)CN1CCC(COc2ccc(-c3ccc(C(O)N4CC[C@@H](O)C4)cc3)cc2)CC1. The summed E-state index contributed by atoms with van der Waals surface area (Å²) in [5.41, 5.74) is 1.98. The zero-order chi connectivity index (χ0) is 24.8. The van der Waals surface area contributed by atoms with Gasteiger partial charge in [-0.05, 0) is 79.9 Å². The van der Waals surface area contributed by atoms with Crippen molar-refractivity contribution in [3.63, 3.8) is 0 Å². The predicted molar refractivity (Wildman–Crippen MR) is 138 cm³/mol. The first-order valence-electron chi connectivity index (χ1n) is 13.2. The molecule has 2 fully saturated rings. The molecule has 0 radical (unpaired) electrons. The van der Waals surface area contributed by atoms with Gasteiger partial charge in [-0.1, -0.05) is 50.2 Å². The Hall–Kier alpha value is -1.99. The number of piperidine rings is 1. The lowest BCUT2D eigenvalue weighted by atomic mass is 9.94. The number of nitrogens with zero attached hydrogens (tertiary/aromatic N) is 2. The molecule has 2 atom stereocenters. The average Bonchev–Trinajstić information content (AvgIpc) is 3.34. The van der Waals surface area contributed by atoms with E-state index in [2.05, 4.69) is 17.0 Å². The Morgan fingerprint density at radius 2 is 1.54 bits per heavy atom. The monoisotopic (exact) mass is 484 g/mol. The van der Waals surface area contributed by atoms with Crippen LogP contribution in [0.15, 0.2) is 48.5 Å². The maximum Gasteiger partial charge on any atom is 0.133 e. The quantitative estimate of drug-likeness (QED) is 0.495. The van der Waals surface area contributed by atoms with Crippen LogP contribution in [0.1, 0.15) is 57.7 Å². The molecular weight excluding hydrogens is 443 g/mol. The second kappa shape index (κ2) is 11.8. The van der Waals surface area contributed by atoms with Gasteiger partial charge in [-0.15, -0.1) is 0 Å². The Kier molecular flexibility index (Phi) is 8.82. The Balaban J connectivity index is 1.24. The maximum absolute atomic E-state index is 14.7. The second-order valence-corrected chi connectivity index (χ2v) is 10.3. The van der Waals surface area contributed by atoms with Crippen LogP contribution in [0.3, 0.4) is 0 Å². The summed E-state index contributed by atoms with van der Waals surface area (Å²) >= 11 is 0. The van der Waals surface area contributed by atoms with Crippen LogP contribution in [0.2, 0.25) is 0 Å². The van der Waals surface area contributed by atoms with Gasteiger partial charge in [0.05, 0.1) is 12.7 Å². The first kappa shape index (κ1) is 26.1. The van der Waals surface area contributed by atoms with E-state index in [-0.39, 0.29) is 6.10 Å². The molecule has 0 saturated carbocycles. The van der Waals surface area contributed by atoms with Crippen molar-refractivity contribution >= 4 is 0 Å². The summed E-state index contributed by atoms with van der Waals surface area (Å²) in [6.07, 6.45) is 2.95. The first-order valence-corrected chi connectivity index (χ1v) is 13.2.